The van der Waals surface area contributed by atoms with Gasteiger partial charge in [0.05, 0.1) is 24.7 Å². The lowest BCUT2D eigenvalue weighted by molar-refractivity contribution is 0.0526. The normalized spacial score (nSPS) is 15.4. The van der Waals surface area contributed by atoms with Crippen LogP contribution in [0.5, 0.6) is 0 Å². The first-order valence-corrected chi connectivity index (χ1v) is 9.45. The molecule has 3 aromatic heterocycles. The van der Waals surface area contributed by atoms with Crippen molar-refractivity contribution < 1.29 is 23.2 Å². The molecule has 0 fully saturated rings. The number of fused-ring (bicyclic) bond motifs is 1. The van der Waals surface area contributed by atoms with Crippen molar-refractivity contribution in [3.63, 3.8) is 0 Å². The van der Waals surface area contributed by atoms with Crippen LogP contribution in [-0.2, 0) is 4.74 Å². The second-order valence-corrected chi connectivity index (χ2v) is 6.70. The molecule has 1 unspecified atom stereocenters. The molecule has 0 bridgehead atoms. The Labute approximate surface area is 171 Å². The lowest BCUT2D eigenvalue weighted by atomic mass is 10.0. The molecular weight excluding hydrogens is 386 g/mol. The van der Waals surface area contributed by atoms with Crippen LogP contribution in [0.3, 0.4) is 0 Å². The third kappa shape index (κ3) is 2.73. The number of aromatic nitrogens is 2. The van der Waals surface area contributed by atoms with E-state index in [0.29, 0.717) is 46.3 Å². The van der Waals surface area contributed by atoms with Gasteiger partial charge < -0.3 is 13.6 Å². The van der Waals surface area contributed by atoms with E-state index in [1.54, 1.807) is 66.8 Å². The standard InChI is InChI=1S/C22H17N3O5/c1-2-28-22(27)13-7-9-14(10-8-13)25-20(16-6-4-12-30-16)17-18(15-5-3-11-29-15)23-24-19(17)21(25)26/h3-12,20H,2H2,1H3,(H,23,24). The number of ether oxygens (including phenoxy) is 1. The highest BCUT2D eigenvalue weighted by Crippen LogP contribution is 2.45. The fraction of sp³-hybridized carbons (Fsp3) is 0.136. The number of carbonyl (C=O) groups is 2. The Kier molecular flexibility index (Phi) is 4.24. The molecule has 0 saturated carbocycles. The summed E-state index contributed by atoms with van der Waals surface area (Å²) in [6.07, 6.45) is 3.12. The number of benzene rings is 1. The minimum Gasteiger partial charge on any atom is -0.467 e. The Bertz CT molecular complexity index is 1190. The summed E-state index contributed by atoms with van der Waals surface area (Å²) in [5, 5.41) is 7.16. The van der Waals surface area contributed by atoms with E-state index in [1.807, 2.05) is 6.07 Å². The van der Waals surface area contributed by atoms with Gasteiger partial charge in [-0.1, -0.05) is 0 Å². The van der Waals surface area contributed by atoms with Crippen molar-refractivity contribution in [1.29, 1.82) is 0 Å². The van der Waals surface area contributed by atoms with Gasteiger partial charge in [-0.2, -0.15) is 5.10 Å². The summed E-state index contributed by atoms with van der Waals surface area (Å²) in [6.45, 7) is 2.04. The van der Waals surface area contributed by atoms with Gasteiger partial charge in [0.1, 0.15) is 17.5 Å². The van der Waals surface area contributed by atoms with E-state index >= 15 is 0 Å². The maximum absolute atomic E-state index is 13.3. The number of nitrogens with zero attached hydrogens (tertiary/aromatic N) is 2. The summed E-state index contributed by atoms with van der Waals surface area (Å²) in [5.41, 5.74) is 2.63. The first-order chi connectivity index (χ1) is 14.7. The molecule has 0 saturated heterocycles. The maximum Gasteiger partial charge on any atom is 0.338 e. The minimum atomic E-state index is -0.533. The molecular formula is C22H17N3O5. The summed E-state index contributed by atoms with van der Waals surface area (Å²) >= 11 is 0. The largest absolute Gasteiger partial charge is 0.467 e. The molecule has 1 amide bonds. The van der Waals surface area contributed by atoms with Crippen LogP contribution in [0.1, 0.15) is 45.1 Å². The van der Waals surface area contributed by atoms with E-state index in [1.165, 1.54) is 0 Å². The smallest absolute Gasteiger partial charge is 0.338 e. The second kappa shape index (κ2) is 7.07. The molecule has 0 spiro atoms. The number of anilines is 1. The van der Waals surface area contributed by atoms with Crippen LogP contribution in [0.2, 0.25) is 0 Å². The highest BCUT2D eigenvalue weighted by Gasteiger charge is 2.45. The average molecular weight is 403 g/mol. The third-order valence-corrected chi connectivity index (χ3v) is 4.99. The Morgan fingerprint density at radius 3 is 2.57 bits per heavy atom. The molecule has 5 rings (SSSR count). The Morgan fingerprint density at radius 2 is 1.90 bits per heavy atom. The van der Waals surface area contributed by atoms with Gasteiger partial charge in [0.15, 0.2) is 11.5 Å². The predicted molar refractivity (Wildman–Crippen MR) is 106 cm³/mol. The monoisotopic (exact) mass is 403 g/mol. The zero-order valence-electron chi connectivity index (χ0n) is 16.0. The van der Waals surface area contributed by atoms with Gasteiger partial charge in [0.2, 0.25) is 0 Å². The Morgan fingerprint density at radius 1 is 1.13 bits per heavy atom. The van der Waals surface area contributed by atoms with E-state index in [0.717, 1.165) is 0 Å². The molecule has 1 aliphatic rings. The van der Waals surface area contributed by atoms with Gasteiger partial charge in [-0.25, -0.2) is 4.79 Å². The zero-order valence-corrected chi connectivity index (χ0v) is 16.0. The SMILES string of the molecule is CCOC(=O)c1ccc(N2C(=O)c3n[nH]c(-c4ccco4)c3C2c2ccco2)cc1. The molecule has 4 aromatic rings. The molecule has 30 heavy (non-hydrogen) atoms. The van der Waals surface area contributed by atoms with Crippen LogP contribution >= 0.6 is 0 Å². The van der Waals surface area contributed by atoms with Gasteiger partial charge in [-0.3, -0.25) is 14.8 Å². The van der Waals surface area contributed by atoms with E-state index in [-0.39, 0.29) is 5.91 Å². The van der Waals surface area contributed by atoms with Crippen LogP contribution in [0.15, 0.2) is 69.9 Å². The third-order valence-electron chi connectivity index (χ3n) is 4.99. The number of hydrogen-bond donors (Lipinski definition) is 1. The first-order valence-electron chi connectivity index (χ1n) is 9.45. The predicted octanol–water partition coefficient (Wildman–Crippen LogP) is 4.19. The van der Waals surface area contributed by atoms with E-state index in [9.17, 15) is 9.59 Å². The Hall–Kier alpha value is -4.07. The van der Waals surface area contributed by atoms with Crippen LogP contribution in [0.4, 0.5) is 5.69 Å². The number of rotatable bonds is 5. The summed E-state index contributed by atoms with van der Waals surface area (Å²) in [4.78, 5) is 26.9. The number of H-pyrrole nitrogens is 1. The highest BCUT2D eigenvalue weighted by atomic mass is 16.5. The molecule has 1 atom stereocenters. The molecule has 150 valence electrons. The van der Waals surface area contributed by atoms with Crippen molar-refractivity contribution in [2.45, 2.75) is 13.0 Å². The van der Waals surface area contributed by atoms with Crippen molar-refractivity contribution >= 4 is 17.6 Å². The summed E-state index contributed by atoms with van der Waals surface area (Å²) in [5.74, 6) is 0.482. The molecule has 1 aliphatic heterocycles. The number of furan rings is 2. The highest BCUT2D eigenvalue weighted by molar-refractivity contribution is 6.11. The summed E-state index contributed by atoms with van der Waals surface area (Å²) in [6, 6.07) is 13.3. The van der Waals surface area contributed by atoms with Gasteiger partial charge in [-0.05, 0) is 55.5 Å². The molecule has 0 aliphatic carbocycles. The zero-order chi connectivity index (χ0) is 20.7. The van der Waals surface area contributed by atoms with Crippen LogP contribution in [0, 0.1) is 0 Å². The molecule has 8 heteroatoms. The fourth-order valence-corrected chi connectivity index (χ4v) is 3.70. The first kappa shape index (κ1) is 18.0. The number of aromatic amines is 1. The number of carbonyl (C=O) groups excluding carboxylic acids is 2. The van der Waals surface area contributed by atoms with Gasteiger partial charge >= 0.3 is 5.97 Å². The molecule has 4 heterocycles. The lowest BCUT2D eigenvalue weighted by Crippen LogP contribution is -2.29. The van der Waals surface area contributed by atoms with Crippen LogP contribution in [-0.4, -0.2) is 28.7 Å². The van der Waals surface area contributed by atoms with Crippen LogP contribution in [0.25, 0.3) is 11.5 Å². The fourth-order valence-electron chi connectivity index (χ4n) is 3.70. The topological polar surface area (TPSA) is 102 Å². The average Bonchev–Trinajstić information content (AvgIpc) is 3.54. The van der Waals surface area contributed by atoms with E-state index in [4.69, 9.17) is 13.6 Å². The number of amides is 1. The Balaban J connectivity index is 1.60. The van der Waals surface area contributed by atoms with Crippen molar-refractivity contribution in [1.82, 2.24) is 10.2 Å². The summed E-state index contributed by atoms with van der Waals surface area (Å²) in [7, 11) is 0. The molecule has 1 aromatic carbocycles. The molecule has 8 nitrogen and oxygen atoms in total. The van der Waals surface area contributed by atoms with Crippen molar-refractivity contribution in [3.05, 3.63) is 83.6 Å². The van der Waals surface area contributed by atoms with Gasteiger partial charge in [0.25, 0.3) is 5.91 Å². The lowest BCUT2D eigenvalue weighted by Gasteiger charge is -2.24. The van der Waals surface area contributed by atoms with Crippen LogP contribution < -0.4 is 4.90 Å². The number of hydrogen-bond acceptors (Lipinski definition) is 6. The second-order valence-electron chi connectivity index (χ2n) is 6.70. The minimum absolute atomic E-state index is 0.274. The van der Waals surface area contributed by atoms with Crippen molar-refractivity contribution in [2.75, 3.05) is 11.5 Å². The number of nitrogens with one attached hydrogen (secondary N) is 1. The van der Waals surface area contributed by atoms with E-state index < -0.39 is 12.0 Å². The van der Waals surface area contributed by atoms with Crippen molar-refractivity contribution in [2.24, 2.45) is 0 Å². The molecule has 0 radical (unpaired) electrons. The van der Waals surface area contributed by atoms with E-state index in [2.05, 4.69) is 10.2 Å². The quantitative estimate of drug-likeness (QED) is 0.502. The van der Waals surface area contributed by atoms with Gasteiger partial charge in [-0.15, -0.1) is 0 Å². The van der Waals surface area contributed by atoms with Crippen molar-refractivity contribution in [3.8, 4) is 11.5 Å². The van der Waals surface area contributed by atoms with Gasteiger partial charge in [0, 0.05) is 11.3 Å². The maximum atomic E-state index is 13.3. The molecule has 1 N–H and O–H groups in total. The summed E-state index contributed by atoms with van der Waals surface area (Å²) < 4.78 is 16.2. The number of esters is 1.